The van der Waals surface area contributed by atoms with Crippen molar-refractivity contribution in [2.45, 2.75) is 5.92 Å². The number of carboxylic acid groups (broad SMARTS) is 1. The van der Waals surface area contributed by atoms with E-state index >= 15 is 0 Å². The summed E-state index contributed by atoms with van der Waals surface area (Å²) < 4.78 is 0. The summed E-state index contributed by atoms with van der Waals surface area (Å²) in [6.07, 6.45) is 1.25. The number of nitriles is 1. The Morgan fingerprint density at radius 3 is 2.71 bits per heavy atom. The van der Waals surface area contributed by atoms with Crippen molar-refractivity contribution in [1.82, 2.24) is 4.98 Å². The maximum Gasteiger partial charge on any atom is 0.327 e. The molecule has 1 atom stereocenters. The number of aliphatic carboxylic acids is 1. The van der Waals surface area contributed by atoms with Crippen molar-refractivity contribution in [2.75, 3.05) is 0 Å². The molecule has 1 aromatic rings. The third kappa shape index (κ3) is 2.13. The summed E-state index contributed by atoms with van der Waals surface area (Å²) in [7, 11) is 0. The monoisotopic (exact) mass is 230 g/mol. The Labute approximate surface area is 89.7 Å². The van der Waals surface area contributed by atoms with Gasteiger partial charge in [-0.1, -0.05) is 23.2 Å². The number of carbonyl (C=O) groups is 1. The first-order chi connectivity index (χ1) is 6.56. The number of halogens is 2. The van der Waals surface area contributed by atoms with Crippen molar-refractivity contribution in [3.8, 4) is 6.07 Å². The van der Waals surface area contributed by atoms with E-state index in [0.29, 0.717) is 5.02 Å². The Kier molecular flexibility index (Phi) is 3.28. The van der Waals surface area contributed by atoms with E-state index in [-0.39, 0.29) is 10.7 Å². The predicted octanol–water partition coefficient (Wildman–Crippen LogP) is 2.08. The molecule has 14 heavy (non-hydrogen) atoms. The molecule has 0 aromatic carbocycles. The molecule has 0 bridgehead atoms. The molecule has 4 nitrogen and oxygen atoms in total. The summed E-state index contributed by atoms with van der Waals surface area (Å²) in [5.74, 6) is -2.65. The lowest BCUT2D eigenvalue weighted by Gasteiger charge is -2.04. The first-order valence-electron chi connectivity index (χ1n) is 3.49. The van der Waals surface area contributed by atoms with Gasteiger partial charge in [-0.15, -0.1) is 0 Å². The highest BCUT2D eigenvalue weighted by Crippen LogP contribution is 2.24. The van der Waals surface area contributed by atoms with Crippen LogP contribution in [0.1, 0.15) is 11.6 Å². The molecule has 0 radical (unpaired) electrons. The van der Waals surface area contributed by atoms with Gasteiger partial charge in [-0.05, 0) is 6.07 Å². The first-order valence-corrected chi connectivity index (χ1v) is 4.25. The van der Waals surface area contributed by atoms with Crippen LogP contribution in [0.2, 0.25) is 10.0 Å². The lowest BCUT2D eigenvalue weighted by Crippen LogP contribution is -2.11. The molecule has 0 aliphatic heterocycles. The van der Waals surface area contributed by atoms with Gasteiger partial charge >= 0.3 is 5.97 Å². The summed E-state index contributed by atoms with van der Waals surface area (Å²) >= 11 is 11.3. The molecule has 0 aliphatic rings. The molecule has 72 valence electrons. The second kappa shape index (κ2) is 4.27. The van der Waals surface area contributed by atoms with Crippen molar-refractivity contribution in [3.63, 3.8) is 0 Å². The number of pyridine rings is 1. The second-order valence-electron chi connectivity index (χ2n) is 2.42. The molecule has 0 amide bonds. The standard InChI is InChI=1S/C8H4Cl2N2O2/c9-4-1-6(10)7(12-3-4)5(2-11)8(13)14/h1,3,5H,(H,13,14). The molecule has 1 N–H and O–H groups in total. The summed E-state index contributed by atoms with van der Waals surface area (Å²) in [6.45, 7) is 0. The highest BCUT2D eigenvalue weighted by Gasteiger charge is 2.23. The highest BCUT2D eigenvalue weighted by molar-refractivity contribution is 6.35. The largest absolute Gasteiger partial charge is 0.480 e. The Balaban J connectivity index is 3.19. The van der Waals surface area contributed by atoms with Gasteiger partial charge in [0.25, 0.3) is 0 Å². The summed E-state index contributed by atoms with van der Waals surface area (Å²) in [6, 6.07) is 2.93. The zero-order valence-corrected chi connectivity index (χ0v) is 8.25. The van der Waals surface area contributed by atoms with E-state index < -0.39 is 11.9 Å². The highest BCUT2D eigenvalue weighted by atomic mass is 35.5. The van der Waals surface area contributed by atoms with Gasteiger partial charge in [-0.3, -0.25) is 9.78 Å². The lowest BCUT2D eigenvalue weighted by molar-refractivity contribution is -0.137. The molecule has 0 saturated heterocycles. The van der Waals surface area contributed by atoms with Crippen molar-refractivity contribution in [2.24, 2.45) is 0 Å². The van der Waals surface area contributed by atoms with Crippen LogP contribution in [0.25, 0.3) is 0 Å². The van der Waals surface area contributed by atoms with Gasteiger partial charge in [-0.2, -0.15) is 5.26 Å². The van der Waals surface area contributed by atoms with Gasteiger partial charge in [0, 0.05) is 6.20 Å². The van der Waals surface area contributed by atoms with Gasteiger partial charge < -0.3 is 5.11 Å². The number of carboxylic acids is 1. The number of nitrogens with zero attached hydrogens (tertiary/aromatic N) is 2. The molecule has 0 saturated carbocycles. The fraction of sp³-hybridized carbons (Fsp3) is 0.125. The Morgan fingerprint density at radius 1 is 1.64 bits per heavy atom. The third-order valence-electron chi connectivity index (χ3n) is 1.49. The first kappa shape index (κ1) is 10.8. The number of aromatic nitrogens is 1. The number of hydrogen-bond acceptors (Lipinski definition) is 3. The lowest BCUT2D eigenvalue weighted by atomic mass is 10.1. The minimum Gasteiger partial charge on any atom is -0.480 e. The van der Waals surface area contributed by atoms with Crippen LogP contribution in [0.15, 0.2) is 12.3 Å². The van der Waals surface area contributed by atoms with Crippen LogP contribution in [-0.4, -0.2) is 16.1 Å². The maximum absolute atomic E-state index is 10.6. The van der Waals surface area contributed by atoms with Crippen molar-refractivity contribution < 1.29 is 9.90 Å². The smallest absolute Gasteiger partial charge is 0.327 e. The number of hydrogen-bond donors (Lipinski definition) is 1. The Morgan fingerprint density at radius 2 is 2.29 bits per heavy atom. The van der Waals surface area contributed by atoms with Crippen LogP contribution in [0.5, 0.6) is 0 Å². The zero-order valence-electron chi connectivity index (χ0n) is 6.74. The normalized spacial score (nSPS) is 11.8. The molecule has 0 spiro atoms. The summed E-state index contributed by atoms with van der Waals surface area (Å²) in [5.41, 5.74) is 0.00562. The van der Waals surface area contributed by atoms with Crippen molar-refractivity contribution in [1.29, 1.82) is 5.26 Å². The van der Waals surface area contributed by atoms with Crippen LogP contribution in [0.3, 0.4) is 0 Å². The van der Waals surface area contributed by atoms with E-state index in [2.05, 4.69) is 4.98 Å². The van der Waals surface area contributed by atoms with E-state index in [1.165, 1.54) is 12.3 Å². The minimum absolute atomic E-state index is 0.00562. The Bertz CT molecular complexity index is 414. The topological polar surface area (TPSA) is 74.0 Å². The Hall–Kier alpha value is -1.31. The van der Waals surface area contributed by atoms with E-state index in [9.17, 15) is 4.79 Å². The third-order valence-corrected chi connectivity index (χ3v) is 2.00. The molecule has 1 rings (SSSR count). The fourth-order valence-corrected chi connectivity index (χ4v) is 1.36. The average Bonchev–Trinajstić information content (AvgIpc) is 2.09. The molecule has 1 aromatic heterocycles. The number of rotatable bonds is 2. The molecule has 0 aliphatic carbocycles. The SMILES string of the molecule is N#CC(C(=O)O)c1ncc(Cl)cc1Cl. The van der Waals surface area contributed by atoms with Crippen LogP contribution in [0.4, 0.5) is 0 Å². The van der Waals surface area contributed by atoms with Gasteiger partial charge in [-0.25, -0.2) is 0 Å². The zero-order chi connectivity index (χ0) is 10.7. The minimum atomic E-state index is -1.36. The van der Waals surface area contributed by atoms with Gasteiger partial charge in [0.2, 0.25) is 0 Å². The van der Waals surface area contributed by atoms with Gasteiger partial charge in [0.1, 0.15) is 0 Å². The molecular weight excluding hydrogens is 227 g/mol. The van der Waals surface area contributed by atoms with Gasteiger partial charge in [0.15, 0.2) is 5.92 Å². The molecule has 1 unspecified atom stereocenters. The fourth-order valence-electron chi connectivity index (χ4n) is 0.871. The van der Waals surface area contributed by atoms with Gasteiger partial charge in [0.05, 0.1) is 21.8 Å². The molecular formula is C8H4Cl2N2O2. The second-order valence-corrected chi connectivity index (χ2v) is 3.26. The van der Waals surface area contributed by atoms with E-state index in [0.717, 1.165) is 0 Å². The summed E-state index contributed by atoms with van der Waals surface area (Å²) in [4.78, 5) is 14.3. The molecule has 6 heteroatoms. The molecule has 0 fully saturated rings. The summed E-state index contributed by atoms with van der Waals surface area (Å²) in [5, 5.41) is 17.6. The van der Waals surface area contributed by atoms with Crippen LogP contribution in [0, 0.1) is 11.3 Å². The maximum atomic E-state index is 10.6. The molecule has 1 heterocycles. The quantitative estimate of drug-likeness (QED) is 0.845. The average molecular weight is 231 g/mol. The van der Waals surface area contributed by atoms with Crippen molar-refractivity contribution in [3.05, 3.63) is 28.0 Å². The van der Waals surface area contributed by atoms with Crippen molar-refractivity contribution >= 4 is 29.2 Å². The van der Waals surface area contributed by atoms with E-state index in [1.807, 2.05) is 0 Å². The van der Waals surface area contributed by atoms with E-state index in [4.69, 9.17) is 33.6 Å². The predicted molar refractivity (Wildman–Crippen MR) is 50.2 cm³/mol. The van der Waals surface area contributed by atoms with Crippen LogP contribution >= 0.6 is 23.2 Å². The van der Waals surface area contributed by atoms with E-state index in [1.54, 1.807) is 6.07 Å². The van der Waals surface area contributed by atoms with Crippen LogP contribution in [-0.2, 0) is 4.79 Å². The van der Waals surface area contributed by atoms with Crippen LogP contribution < -0.4 is 0 Å².